The Morgan fingerprint density at radius 2 is 1.78 bits per heavy atom. The second-order valence-corrected chi connectivity index (χ2v) is 11.5. The van der Waals surface area contributed by atoms with Crippen molar-refractivity contribution in [1.29, 1.82) is 0 Å². The van der Waals surface area contributed by atoms with Crippen molar-refractivity contribution < 1.29 is 22.7 Å². The van der Waals surface area contributed by atoms with Gasteiger partial charge in [-0.05, 0) is 75.6 Å². The SMILES string of the molecule is CCOC(=O)c1ccc2c(c1)sc(=NC(=O)c1ccc(S(=O)(=O)N3CCCCC3CC)cc1)n2CC. The average molecular weight is 530 g/mol. The van der Waals surface area contributed by atoms with Crippen molar-refractivity contribution in [2.24, 2.45) is 4.99 Å². The highest BCUT2D eigenvalue weighted by molar-refractivity contribution is 7.89. The predicted molar refractivity (Wildman–Crippen MR) is 140 cm³/mol. The van der Waals surface area contributed by atoms with Crippen molar-refractivity contribution in [1.82, 2.24) is 8.87 Å². The van der Waals surface area contributed by atoms with Crippen molar-refractivity contribution in [3.8, 4) is 0 Å². The molecule has 1 aliphatic heterocycles. The molecule has 1 atom stereocenters. The number of rotatable bonds is 7. The third-order valence-electron chi connectivity index (χ3n) is 6.46. The molecule has 0 bridgehead atoms. The number of benzene rings is 2. The number of hydrogen-bond acceptors (Lipinski definition) is 6. The van der Waals surface area contributed by atoms with Crippen LogP contribution in [0, 0.1) is 0 Å². The lowest BCUT2D eigenvalue weighted by atomic mass is 10.0. The molecule has 2 aromatic carbocycles. The Hall–Kier alpha value is -2.82. The Labute approximate surface area is 215 Å². The summed E-state index contributed by atoms with van der Waals surface area (Å²) in [4.78, 5) is 30.1. The van der Waals surface area contributed by atoms with Gasteiger partial charge in [0.15, 0.2) is 4.80 Å². The van der Waals surface area contributed by atoms with Gasteiger partial charge in [-0.25, -0.2) is 13.2 Å². The summed E-state index contributed by atoms with van der Waals surface area (Å²) in [5.74, 6) is -0.849. The van der Waals surface area contributed by atoms with Crippen LogP contribution in [0.1, 0.15) is 67.2 Å². The Bertz CT molecular complexity index is 1440. The van der Waals surface area contributed by atoms with Gasteiger partial charge in [-0.3, -0.25) is 4.79 Å². The number of thiazole rings is 1. The zero-order valence-electron chi connectivity index (χ0n) is 20.8. The standard InChI is InChI=1S/C26H31N3O5S2/c1-4-20-9-7-8-16-29(20)36(32,33)21-13-10-18(11-14-21)24(30)27-26-28(5-2)22-15-12-19(17-23(22)35-26)25(31)34-6-3/h10-15,17,20H,4-9,16H2,1-3H3. The number of piperidine rings is 1. The lowest BCUT2D eigenvalue weighted by molar-refractivity contribution is 0.0526. The lowest BCUT2D eigenvalue weighted by Gasteiger charge is -2.34. The van der Waals surface area contributed by atoms with Crippen LogP contribution in [0.25, 0.3) is 10.2 Å². The van der Waals surface area contributed by atoms with Crippen LogP contribution in [0.3, 0.4) is 0 Å². The van der Waals surface area contributed by atoms with Crippen LogP contribution >= 0.6 is 11.3 Å². The van der Waals surface area contributed by atoms with Gasteiger partial charge in [0.25, 0.3) is 5.91 Å². The molecule has 192 valence electrons. The number of aryl methyl sites for hydroxylation is 1. The quantitative estimate of drug-likeness (QED) is 0.417. The first kappa shape index (κ1) is 26.2. The van der Waals surface area contributed by atoms with Crippen LogP contribution in [-0.2, 0) is 21.3 Å². The summed E-state index contributed by atoms with van der Waals surface area (Å²) in [6.07, 6.45) is 3.56. The molecule has 3 aromatic rings. The molecule has 0 saturated carbocycles. The van der Waals surface area contributed by atoms with Crippen LogP contribution in [-0.4, -0.2) is 48.4 Å². The maximum absolute atomic E-state index is 13.2. The summed E-state index contributed by atoms with van der Waals surface area (Å²) in [5.41, 5.74) is 1.63. The Morgan fingerprint density at radius 1 is 1.06 bits per heavy atom. The molecule has 1 unspecified atom stereocenters. The molecular weight excluding hydrogens is 498 g/mol. The Morgan fingerprint density at radius 3 is 2.44 bits per heavy atom. The second-order valence-electron chi connectivity index (χ2n) is 8.65. The van der Waals surface area contributed by atoms with Crippen LogP contribution < -0.4 is 4.80 Å². The summed E-state index contributed by atoms with van der Waals surface area (Å²) >= 11 is 1.32. The first-order valence-electron chi connectivity index (χ1n) is 12.3. The number of amides is 1. The van der Waals surface area contributed by atoms with Gasteiger partial charge in [0, 0.05) is 24.7 Å². The molecule has 10 heteroatoms. The third-order valence-corrected chi connectivity index (χ3v) is 9.47. The molecule has 0 radical (unpaired) electrons. The van der Waals surface area contributed by atoms with Crippen molar-refractivity contribution >= 4 is 43.5 Å². The van der Waals surface area contributed by atoms with Gasteiger partial charge in [-0.2, -0.15) is 9.30 Å². The summed E-state index contributed by atoms with van der Waals surface area (Å²) in [7, 11) is -3.62. The molecule has 0 aliphatic carbocycles. The van der Waals surface area contributed by atoms with Crippen LogP contribution in [0.5, 0.6) is 0 Å². The van der Waals surface area contributed by atoms with Gasteiger partial charge in [0.1, 0.15) is 0 Å². The molecule has 8 nitrogen and oxygen atoms in total. The highest BCUT2D eigenvalue weighted by Gasteiger charge is 2.32. The number of aromatic nitrogens is 1. The van der Waals surface area contributed by atoms with Crippen molar-refractivity contribution in [3.63, 3.8) is 0 Å². The number of nitrogens with zero attached hydrogens (tertiary/aromatic N) is 3. The minimum Gasteiger partial charge on any atom is -0.462 e. The van der Waals surface area contributed by atoms with Crippen molar-refractivity contribution in [3.05, 3.63) is 58.4 Å². The van der Waals surface area contributed by atoms with Crippen molar-refractivity contribution in [2.45, 2.75) is 63.9 Å². The highest BCUT2D eigenvalue weighted by atomic mass is 32.2. The molecule has 0 spiro atoms. The zero-order chi connectivity index (χ0) is 25.9. The van der Waals surface area contributed by atoms with E-state index in [0.29, 0.717) is 35.6 Å². The summed E-state index contributed by atoms with van der Waals surface area (Å²) in [5, 5.41) is 0. The average Bonchev–Trinajstić information content (AvgIpc) is 3.24. The summed E-state index contributed by atoms with van der Waals surface area (Å²) in [6.45, 7) is 7.14. The van der Waals surface area contributed by atoms with Crippen molar-refractivity contribution in [2.75, 3.05) is 13.2 Å². The lowest BCUT2D eigenvalue weighted by Crippen LogP contribution is -2.43. The van der Waals surface area contributed by atoms with Gasteiger partial charge >= 0.3 is 5.97 Å². The largest absolute Gasteiger partial charge is 0.462 e. The Kier molecular flexibility index (Phi) is 8.07. The first-order valence-corrected chi connectivity index (χ1v) is 14.6. The number of sulfonamides is 1. The van der Waals surface area contributed by atoms with Gasteiger partial charge < -0.3 is 9.30 Å². The fourth-order valence-electron chi connectivity index (χ4n) is 4.56. The van der Waals surface area contributed by atoms with E-state index in [1.165, 1.54) is 35.6 Å². The Balaban J connectivity index is 1.63. The molecule has 1 saturated heterocycles. The van der Waals surface area contributed by atoms with E-state index in [0.717, 1.165) is 35.9 Å². The molecule has 2 heterocycles. The second kappa shape index (κ2) is 11.1. The third kappa shape index (κ3) is 5.16. The number of ether oxygens (including phenoxy) is 1. The molecule has 1 amide bonds. The maximum Gasteiger partial charge on any atom is 0.338 e. The molecular formula is C26H31N3O5S2. The fourth-order valence-corrected chi connectivity index (χ4v) is 7.46. The predicted octanol–water partition coefficient (Wildman–Crippen LogP) is 4.59. The topological polar surface area (TPSA) is 98.0 Å². The number of carbonyl (C=O) groups is 2. The van der Waals surface area contributed by atoms with E-state index in [1.54, 1.807) is 23.4 Å². The number of esters is 1. The molecule has 36 heavy (non-hydrogen) atoms. The molecule has 4 rings (SSSR count). The first-order chi connectivity index (χ1) is 17.3. The van der Waals surface area contributed by atoms with Gasteiger partial charge in [0.2, 0.25) is 10.0 Å². The van der Waals surface area contributed by atoms with E-state index < -0.39 is 21.9 Å². The fraction of sp³-hybridized carbons (Fsp3) is 0.423. The minimum atomic E-state index is -3.62. The number of fused-ring (bicyclic) bond motifs is 1. The van der Waals surface area contributed by atoms with E-state index >= 15 is 0 Å². The van der Waals surface area contributed by atoms with E-state index in [1.807, 2.05) is 24.5 Å². The molecule has 1 aliphatic rings. The van der Waals surface area contributed by atoms with E-state index in [-0.39, 0.29) is 10.9 Å². The van der Waals surface area contributed by atoms with E-state index in [4.69, 9.17) is 4.74 Å². The van der Waals surface area contributed by atoms with Crippen LogP contribution in [0.2, 0.25) is 0 Å². The smallest absolute Gasteiger partial charge is 0.338 e. The maximum atomic E-state index is 13.2. The van der Waals surface area contributed by atoms with E-state index in [2.05, 4.69) is 4.99 Å². The normalized spacial score (nSPS) is 17.4. The number of hydrogen-bond donors (Lipinski definition) is 0. The zero-order valence-corrected chi connectivity index (χ0v) is 22.4. The van der Waals surface area contributed by atoms with Gasteiger partial charge in [0.05, 0.1) is 27.3 Å². The van der Waals surface area contributed by atoms with E-state index in [9.17, 15) is 18.0 Å². The summed E-state index contributed by atoms with van der Waals surface area (Å²) < 4.78 is 35.8. The van der Waals surface area contributed by atoms with Gasteiger partial charge in [-0.15, -0.1) is 0 Å². The molecule has 1 aromatic heterocycles. The molecule has 0 N–H and O–H groups in total. The minimum absolute atomic E-state index is 0.0156. The van der Waals surface area contributed by atoms with Crippen LogP contribution in [0.4, 0.5) is 0 Å². The van der Waals surface area contributed by atoms with Crippen LogP contribution in [0.15, 0.2) is 52.4 Å². The molecule has 1 fully saturated rings. The monoisotopic (exact) mass is 529 g/mol. The summed E-state index contributed by atoms with van der Waals surface area (Å²) in [6, 6.07) is 11.3. The highest BCUT2D eigenvalue weighted by Crippen LogP contribution is 2.27. The van der Waals surface area contributed by atoms with Gasteiger partial charge in [-0.1, -0.05) is 24.7 Å². The number of carbonyl (C=O) groups excluding carboxylic acids is 2.